The van der Waals surface area contributed by atoms with Crippen LogP contribution in [-0.2, 0) is 11.3 Å². The van der Waals surface area contributed by atoms with Crippen molar-refractivity contribution in [1.82, 2.24) is 10.2 Å². The number of nitrogens with one attached hydrogen (secondary N) is 1. The number of ether oxygens (including phenoxy) is 1. The van der Waals surface area contributed by atoms with Gasteiger partial charge < -0.3 is 15.0 Å². The average Bonchev–Trinajstić information content (AvgIpc) is 3.29. The van der Waals surface area contributed by atoms with E-state index in [0.717, 1.165) is 24.5 Å². The summed E-state index contributed by atoms with van der Waals surface area (Å²) in [7, 11) is 1.77. The number of rotatable bonds is 8. The summed E-state index contributed by atoms with van der Waals surface area (Å²) in [5.41, 5.74) is 0.949. The average molecular weight is 311 g/mol. The van der Waals surface area contributed by atoms with Crippen molar-refractivity contribution in [1.29, 1.82) is 0 Å². The van der Waals surface area contributed by atoms with Gasteiger partial charge in [0, 0.05) is 38.4 Å². The van der Waals surface area contributed by atoms with Crippen molar-refractivity contribution >= 4 is 17.6 Å². The number of amides is 2. The smallest absolute Gasteiger partial charge is 0.317 e. The Bertz CT molecular complexity index is 463. The SMILES string of the molecule is CN(Cc1ccccc1Cl)C(=O)NCCCOCC1CC1. The summed E-state index contributed by atoms with van der Waals surface area (Å²) in [6.07, 6.45) is 3.46. The van der Waals surface area contributed by atoms with Crippen LogP contribution in [0.1, 0.15) is 24.8 Å². The third kappa shape index (κ3) is 5.94. The van der Waals surface area contributed by atoms with E-state index in [1.165, 1.54) is 12.8 Å². The van der Waals surface area contributed by atoms with Gasteiger partial charge in [0.25, 0.3) is 0 Å². The van der Waals surface area contributed by atoms with E-state index in [4.69, 9.17) is 16.3 Å². The van der Waals surface area contributed by atoms with Gasteiger partial charge in [0.05, 0.1) is 0 Å². The van der Waals surface area contributed by atoms with Crippen molar-refractivity contribution in [3.05, 3.63) is 34.9 Å². The number of halogens is 1. The molecule has 1 aromatic rings. The summed E-state index contributed by atoms with van der Waals surface area (Å²) in [4.78, 5) is 13.6. The monoisotopic (exact) mass is 310 g/mol. The highest BCUT2D eigenvalue weighted by Crippen LogP contribution is 2.28. The second-order valence-electron chi connectivity index (χ2n) is 5.55. The topological polar surface area (TPSA) is 41.6 Å². The van der Waals surface area contributed by atoms with Crippen LogP contribution in [0, 0.1) is 5.92 Å². The molecule has 0 bridgehead atoms. The quantitative estimate of drug-likeness (QED) is 0.749. The molecule has 1 aliphatic rings. The van der Waals surface area contributed by atoms with Crippen molar-refractivity contribution in [2.45, 2.75) is 25.8 Å². The first-order valence-electron chi connectivity index (χ1n) is 7.47. The Kier molecular flexibility index (Phi) is 6.33. The maximum atomic E-state index is 11.9. The highest BCUT2D eigenvalue weighted by Gasteiger charge is 2.20. The van der Waals surface area contributed by atoms with Crippen LogP contribution in [0.3, 0.4) is 0 Å². The highest BCUT2D eigenvalue weighted by molar-refractivity contribution is 6.31. The molecule has 1 saturated carbocycles. The predicted octanol–water partition coefficient (Wildman–Crippen LogP) is 3.30. The molecule has 0 unspecified atom stereocenters. The lowest BCUT2D eigenvalue weighted by Crippen LogP contribution is -2.37. The zero-order chi connectivity index (χ0) is 15.1. The molecule has 4 nitrogen and oxygen atoms in total. The van der Waals surface area contributed by atoms with E-state index in [1.54, 1.807) is 11.9 Å². The zero-order valence-electron chi connectivity index (χ0n) is 12.5. The largest absolute Gasteiger partial charge is 0.381 e. The molecule has 1 N–H and O–H groups in total. The summed E-state index contributed by atoms with van der Waals surface area (Å²) in [6, 6.07) is 7.48. The van der Waals surface area contributed by atoms with Crippen LogP contribution in [0.15, 0.2) is 24.3 Å². The lowest BCUT2D eigenvalue weighted by molar-refractivity contribution is 0.122. The second-order valence-corrected chi connectivity index (χ2v) is 5.96. The predicted molar refractivity (Wildman–Crippen MR) is 84.5 cm³/mol. The maximum absolute atomic E-state index is 11.9. The normalized spacial score (nSPS) is 14.0. The van der Waals surface area contributed by atoms with Gasteiger partial charge in [0.15, 0.2) is 0 Å². The lowest BCUT2D eigenvalue weighted by atomic mass is 10.2. The Morgan fingerprint density at radius 1 is 1.43 bits per heavy atom. The van der Waals surface area contributed by atoms with Gasteiger partial charge in [-0.2, -0.15) is 0 Å². The molecule has 1 aromatic carbocycles. The standard InChI is InChI=1S/C16H23ClN2O2/c1-19(11-14-5-2-3-6-15(14)17)16(20)18-9-4-10-21-12-13-7-8-13/h2-3,5-6,13H,4,7-12H2,1H3,(H,18,20). The Balaban J connectivity index is 1.59. The van der Waals surface area contributed by atoms with Gasteiger partial charge in [0.1, 0.15) is 0 Å². The van der Waals surface area contributed by atoms with E-state index in [1.807, 2.05) is 24.3 Å². The summed E-state index contributed by atoms with van der Waals surface area (Å²) in [5, 5.41) is 3.58. The number of carbonyl (C=O) groups excluding carboxylic acids is 1. The molecule has 0 saturated heterocycles. The molecular weight excluding hydrogens is 288 g/mol. The van der Waals surface area contributed by atoms with Crippen LogP contribution >= 0.6 is 11.6 Å². The molecule has 0 aliphatic heterocycles. The zero-order valence-corrected chi connectivity index (χ0v) is 13.2. The fraction of sp³-hybridized carbons (Fsp3) is 0.562. The Morgan fingerprint density at radius 2 is 2.19 bits per heavy atom. The third-order valence-electron chi connectivity index (χ3n) is 3.50. The number of benzene rings is 1. The maximum Gasteiger partial charge on any atom is 0.317 e. The minimum absolute atomic E-state index is 0.0860. The second kappa shape index (κ2) is 8.25. The molecule has 21 heavy (non-hydrogen) atoms. The molecule has 5 heteroatoms. The highest BCUT2D eigenvalue weighted by atomic mass is 35.5. The number of carbonyl (C=O) groups is 1. The fourth-order valence-electron chi connectivity index (χ4n) is 1.99. The first-order chi connectivity index (χ1) is 10.2. The molecule has 0 heterocycles. The van der Waals surface area contributed by atoms with Crippen LogP contribution < -0.4 is 5.32 Å². The number of hydrogen-bond donors (Lipinski definition) is 1. The molecule has 2 rings (SSSR count). The molecule has 0 aromatic heterocycles. The van der Waals surface area contributed by atoms with Crippen LogP contribution in [-0.4, -0.2) is 37.7 Å². The summed E-state index contributed by atoms with van der Waals surface area (Å²) >= 11 is 6.09. The van der Waals surface area contributed by atoms with Crippen molar-refractivity contribution in [3.63, 3.8) is 0 Å². The number of hydrogen-bond acceptors (Lipinski definition) is 2. The molecular formula is C16H23ClN2O2. The summed E-state index contributed by atoms with van der Waals surface area (Å²) < 4.78 is 5.53. The molecule has 1 aliphatic carbocycles. The van der Waals surface area contributed by atoms with E-state index < -0.39 is 0 Å². The van der Waals surface area contributed by atoms with Gasteiger partial charge in [0.2, 0.25) is 0 Å². The Hall–Kier alpha value is -1.26. The summed E-state index contributed by atoms with van der Waals surface area (Å²) in [5.74, 6) is 0.793. The lowest BCUT2D eigenvalue weighted by Gasteiger charge is -2.18. The molecule has 2 amide bonds. The van der Waals surface area contributed by atoms with Crippen LogP contribution in [0.25, 0.3) is 0 Å². The van der Waals surface area contributed by atoms with Gasteiger partial charge in [-0.05, 0) is 36.8 Å². The minimum atomic E-state index is -0.0860. The Labute approximate surface area is 131 Å². The molecule has 1 fully saturated rings. The molecule has 0 spiro atoms. The van der Waals surface area contributed by atoms with Crippen LogP contribution in [0.5, 0.6) is 0 Å². The number of nitrogens with zero attached hydrogens (tertiary/aromatic N) is 1. The van der Waals surface area contributed by atoms with Gasteiger partial charge in [-0.15, -0.1) is 0 Å². The van der Waals surface area contributed by atoms with Crippen molar-refractivity contribution in [2.75, 3.05) is 26.8 Å². The first-order valence-corrected chi connectivity index (χ1v) is 7.84. The first kappa shape index (κ1) is 16.1. The van der Waals surface area contributed by atoms with Crippen LogP contribution in [0.4, 0.5) is 4.79 Å². The third-order valence-corrected chi connectivity index (χ3v) is 3.87. The Morgan fingerprint density at radius 3 is 2.90 bits per heavy atom. The van der Waals surface area contributed by atoms with E-state index in [-0.39, 0.29) is 6.03 Å². The number of urea groups is 1. The molecule has 0 radical (unpaired) electrons. The molecule has 0 atom stereocenters. The molecule has 116 valence electrons. The van der Waals surface area contributed by atoms with Gasteiger partial charge in [-0.25, -0.2) is 4.79 Å². The minimum Gasteiger partial charge on any atom is -0.381 e. The van der Waals surface area contributed by atoms with E-state index >= 15 is 0 Å². The van der Waals surface area contributed by atoms with E-state index in [9.17, 15) is 4.79 Å². The van der Waals surface area contributed by atoms with Crippen molar-refractivity contribution < 1.29 is 9.53 Å². The van der Waals surface area contributed by atoms with Gasteiger partial charge >= 0.3 is 6.03 Å². The van der Waals surface area contributed by atoms with Crippen LogP contribution in [0.2, 0.25) is 5.02 Å². The van der Waals surface area contributed by atoms with Crippen molar-refractivity contribution in [2.24, 2.45) is 5.92 Å². The van der Waals surface area contributed by atoms with Gasteiger partial charge in [-0.3, -0.25) is 0 Å². The fourth-order valence-corrected chi connectivity index (χ4v) is 2.19. The summed E-state index contributed by atoms with van der Waals surface area (Å²) in [6.45, 7) is 2.73. The van der Waals surface area contributed by atoms with E-state index in [0.29, 0.717) is 24.7 Å². The van der Waals surface area contributed by atoms with Gasteiger partial charge in [-0.1, -0.05) is 29.8 Å². The van der Waals surface area contributed by atoms with E-state index in [2.05, 4.69) is 5.32 Å². The van der Waals surface area contributed by atoms with Crippen molar-refractivity contribution in [3.8, 4) is 0 Å².